The van der Waals surface area contributed by atoms with E-state index in [1.807, 2.05) is 43.3 Å². The van der Waals surface area contributed by atoms with E-state index in [1.165, 1.54) is 33.1 Å². The van der Waals surface area contributed by atoms with Crippen molar-refractivity contribution in [1.29, 1.82) is 0 Å². The molecular formula is C22H18N4O2S2. The zero-order valence-corrected chi connectivity index (χ0v) is 18.0. The van der Waals surface area contributed by atoms with Crippen LogP contribution in [0.5, 0.6) is 0 Å². The number of aliphatic hydroxyl groups excluding tert-OH is 1. The highest BCUT2D eigenvalue weighted by atomic mass is 32.1. The molecule has 2 aromatic carbocycles. The number of para-hydroxylation sites is 1. The van der Waals surface area contributed by atoms with Crippen molar-refractivity contribution in [2.75, 3.05) is 4.90 Å². The van der Waals surface area contributed by atoms with E-state index in [0.717, 1.165) is 27.2 Å². The number of hydrogen-bond donors (Lipinski definition) is 1. The van der Waals surface area contributed by atoms with Crippen molar-refractivity contribution in [2.24, 2.45) is 0 Å². The lowest BCUT2D eigenvalue weighted by atomic mass is 9.98. The average molecular weight is 435 g/mol. The largest absolute Gasteiger partial charge is 0.503 e. The highest BCUT2D eigenvalue weighted by molar-refractivity contribution is 7.19. The Morgan fingerprint density at radius 2 is 1.83 bits per heavy atom. The van der Waals surface area contributed by atoms with E-state index < -0.39 is 11.9 Å². The molecule has 1 amide bonds. The fourth-order valence-corrected chi connectivity index (χ4v) is 5.39. The summed E-state index contributed by atoms with van der Waals surface area (Å²) >= 11 is 2.80. The summed E-state index contributed by atoms with van der Waals surface area (Å²) in [6.07, 6.45) is 0.926. The third-order valence-corrected chi connectivity index (χ3v) is 7.07. The Hall–Kier alpha value is -3.10. The van der Waals surface area contributed by atoms with Crippen molar-refractivity contribution in [1.82, 2.24) is 15.2 Å². The molecule has 3 heterocycles. The van der Waals surface area contributed by atoms with Gasteiger partial charge in [0.1, 0.15) is 10.0 Å². The van der Waals surface area contributed by atoms with Crippen molar-refractivity contribution in [2.45, 2.75) is 26.3 Å². The number of rotatable bonds is 4. The Bertz CT molecular complexity index is 1260. The zero-order chi connectivity index (χ0) is 20.8. The maximum absolute atomic E-state index is 13.2. The van der Waals surface area contributed by atoms with Crippen molar-refractivity contribution in [3.63, 3.8) is 0 Å². The number of thiazole rings is 1. The van der Waals surface area contributed by atoms with Gasteiger partial charge in [-0.05, 0) is 36.6 Å². The Kier molecular flexibility index (Phi) is 4.60. The van der Waals surface area contributed by atoms with Gasteiger partial charge in [0.25, 0.3) is 5.91 Å². The number of aromatic nitrogens is 3. The third-order valence-electron chi connectivity index (χ3n) is 5.16. The van der Waals surface area contributed by atoms with Gasteiger partial charge in [0.2, 0.25) is 5.13 Å². The average Bonchev–Trinajstić information content (AvgIpc) is 3.44. The van der Waals surface area contributed by atoms with Gasteiger partial charge >= 0.3 is 0 Å². The van der Waals surface area contributed by atoms with Gasteiger partial charge in [-0.25, -0.2) is 4.98 Å². The maximum Gasteiger partial charge on any atom is 0.296 e. The number of hydrogen-bond acceptors (Lipinski definition) is 7. The molecule has 0 unspecified atom stereocenters. The molecule has 0 fully saturated rings. The van der Waals surface area contributed by atoms with Crippen LogP contribution in [-0.4, -0.2) is 26.2 Å². The standard InChI is InChI=1S/C22H18N4O2S2/c1-3-13-8-10-14(11-9-13)18-17(20-23-15-6-4-5-7-16(15)30-20)19(27)21(28)26(18)22-25-24-12(2)29-22/h4-11,18,27H,3H2,1-2H3/t18-/m1/s1. The fourth-order valence-electron chi connectivity index (χ4n) is 3.64. The minimum atomic E-state index is -0.517. The van der Waals surface area contributed by atoms with Gasteiger partial charge in [-0.2, -0.15) is 0 Å². The SMILES string of the molecule is CCc1ccc([C@@H]2C(c3nc4ccccc4s3)=C(O)C(=O)N2c2nnc(C)s2)cc1. The maximum atomic E-state index is 13.2. The molecule has 8 heteroatoms. The first kappa shape index (κ1) is 18.9. The molecule has 0 saturated carbocycles. The van der Waals surface area contributed by atoms with E-state index in [-0.39, 0.29) is 5.76 Å². The molecule has 1 N–H and O–H groups in total. The zero-order valence-electron chi connectivity index (χ0n) is 16.4. The Morgan fingerprint density at radius 1 is 1.07 bits per heavy atom. The van der Waals surface area contributed by atoms with Crippen LogP contribution in [0.3, 0.4) is 0 Å². The molecule has 1 atom stereocenters. The number of carbonyl (C=O) groups excluding carboxylic acids is 1. The summed E-state index contributed by atoms with van der Waals surface area (Å²) in [6.45, 7) is 3.94. The smallest absolute Gasteiger partial charge is 0.296 e. The summed E-state index contributed by atoms with van der Waals surface area (Å²) in [5.74, 6) is -0.767. The van der Waals surface area contributed by atoms with Gasteiger partial charge in [-0.1, -0.05) is 54.7 Å². The molecule has 0 aliphatic carbocycles. The first-order chi connectivity index (χ1) is 14.6. The first-order valence-electron chi connectivity index (χ1n) is 9.58. The van der Waals surface area contributed by atoms with Crippen LogP contribution >= 0.6 is 22.7 Å². The molecule has 4 aromatic rings. The van der Waals surface area contributed by atoms with Gasteiger partial charge in [0, 0.05) is 0 Å². The molecule has 30 heavy (non-hydrogen) atoms. The summed E-state index contributed by atoms with van der Waals surface area (Å²) < 4.78 is 1.01. The minimum absolute atomic E-state index is 0.286. The number of carbonyl (C=O) groups is 1. The molecule has 6 nitrogen and oxygen atoms in total. The van der Waals surface area contributed by atoms with Crippen molar-refractivity contribution in [3.05, 3.63) is 75.4 Å². The normalized spacial score (nSPS) is 16.8. The summed E-state index contributed by atoms with van der Waals surface area (Å²) in [5.41, 5.74) is 3.46. The molecule has 2 aromatic heterocycles. The van der Waals surface area contributed by atoms with Crippen LogP contribution in [-0.2, 0) is 11.2 Å². The lowest BCUT2D eigenvalue weighted by molar-refractivity contribution is -0.117. The van der Waals surface area contributed by atoms with Crippen LogP contribution in [0.2, 0.25) is 0 Å². The minimum Gasteiger partial charge on any atom is -0.503 e. The molecule has 0 saturated heterocycles. The Balaban J connectivity index is 1.70. The molecule has 0 radical (unpaired) electrons. The number of anilines is 1. The molecule has 5 rings (SSSR count). The fraction of sp³-hybridized carbons (Fsp3) is 0.182. The topological polar surface area (TPSA) is 79.2 Å². The number of benzene rings is 2. The second-order valence-electron chi connectivity index (χ2n) is 7.03. The summed E-state index contributed by atoms with van der Waals surface area (Å²) in [5, 5.41) is 21.0. The second-order valence-corrected chi connectivity index (χ2v) is 9.22. The lowest BCUT2D eigenvalue weighted by Crippen LogP contribution is -2.30. The van der Waals surface area contributed by atoms with Gasteiger partial charge in [-0.3, -0.25) is 9.69 Å². The van der Waals surface area contributed by atoms with E-state index in [0.29, 0.717) is 15.7 Å². The molecular weight excluding hydrogens is 416 g/mol. The lowest BCUT2D eigenvalue weighted by Gasteiger charge is -2.24. The van der Waals surface area contributed by atoms with Crippen LogP contribution in [0.1, 0.15) is 34.1 Å². The molecule has 0 spiro atoms. The van der Waals surface area contributed by atoms with Crippen molar-refractivity contribution >= 4 is 49.5 Å². The highest BCUT2D eigenvalue weighted by Crippen LogP contribution is 2.47. The van der Waals surface area contributed by atoms with E-state index in [2.05, 4.69) is 29.3 Å². The first-order valence-corrected chi connectivity index (χ1v) is 11.2. The van der Waals surface area contributed by atoms with Crippen molar-refractivity contribution < 1.29 is 9.90 Å². The van der Waals surface area contributed by atoms with Gasteiger partial charge in [0.15, 0.2) is 5.76 Å². The number of aryl methyl sites for hydroxylation is 2. The summed E-state index contributed by atoms with van der Waals surface area (Å²) in [6, 6.07) is 15.4. The van der Waals surface area contributed by atoms with Crippen molar-refractivity contribution in [3.8, 4) is 0 Å². The summed E-state index contributed by atoms with van der Waals surface area (Å²) in [4.78, 5) is 19.4. The number of amides is 1. The van der Waals surface area contributed by atoms with Crippen LogP contribution in [0.25, 0.3) is 15.8 Å². The number of nitrogens with zero attached hydrogens (tertiary/aromatic N) is 4. The molecule has 150 valence electrons. The Morgan fingerprint density at radius 3 is 2.50 bits per heavy atom. The van der Waals surface area contributed by atoms with Crippen LogP contribution in [0.4, 0.5) is 5.13 Å². The monoisotopic (exact) mass is 434 g/mol. The van der Waals surface area contributed by atoms with Gasteiger partial charge in [0.05, 0.1) is 21.8 Å². The van der Waals surface area contributed by atoms with E-state index in [4.69, 9.17) is 4.98 Å². The van der Waals surface area contributed by atoms with E-state index in [9.17, 15) is 9.90 Å². The summed E-state index contributed by atoms with van der Waals surface area (Å²) in [7, 11) is 0. The van der Waals surface area contributed by atoms with E-state index in [1.54, 1.807) is 0 Å². The third kappa shape index (κ3) is 3.00. The quantitative estimate of drug-likeness (QED) is 0.485. The van der Waals surface area contributed by atoms with Gasteiger partial charge < -0.3 is 5.11 Å². The molecule has 1 aliphatic rings. The van der Waals surface area contributed by atoms with Gasteiger partial charge in [-0.15, -0.1) is 21.5 Å². The van der Waals surface area contributed by atoms with Crippen LogP contribution in [0, 0.1) is 6.92 Å². The predicted molar refractivity (Wildman–Crippen MR) is 120 cm³/mol. The van der Waals surface area contributed by atoms with Crippen LogP contribution in [0.15, 0.2) is 54.3 Å². The second kappa shape index (κ2) is 7.30. The van der Waals surface area contributed by atoms with Crippen LogP contribution < -0.4 is 4.90 Å². The number of fused-ring (bicyclic) bond motifs is 1. The highest BCUT2D eigenvalue weighted by Gasteiger charge is 2.44. The Labute approximate surface area is 181 Å². The van der Waals surface area contributed by atoms with E-state index >= 15 is 0 Å². The molecule has 0 bridgehead atoms. The molecule has 1 aliphatic heterocycles. The number of aliphatic hydroxyl groups is 1. The predicted octanol–water partition coefficient (Wildman–Crippen LogP) is 5.08.